The van der Waals surface area contributed by atoms with Crippen LogP contribution in [0.5, 0.6) is 0 Å². The second-order valence-corrected chi connectivity index (χ2v) is 4.32. The molecule has 6 nitrogen and oxygen atoms in total. The average Bonchev–Trinajstić information content (AvgIpc) is 2.48. The number of benzene rings is 1. The predicted octanol–water partition coefficient (Wildman–Crippen LogP) is 2.18. The van der Waals surface area contributed by atoms with Crippen LogP contribution in [0, 0.1) is 0 Å². The van der Waals surface area contributed by atoms with Gasteiger partial charge in [0.05, 0.1) is 6.61 Å². The van der Waals surface area contributed by atoms with Crippen molar-refractivity contribution >= 4 is 17.6 Å². The molecule has 2 N–H and O–H groups in total. The van der Waals surface area contributed by atoms with E-state index in [1.54, 1.807) is 25.3 Å². The van der Waals surface area contributed by atoms with E-state index >= 15 is 0 Å². The Bertz CT molecular complexity index is 670. The van der Waals surface area contributed by atoms with Crippen LogP contribution in [0.25, 0.3) is 0 Å². The Labute approximate surface area is 121 Å². The molecule has 0 saturated heterocycles. The van der Waals surface area contributed by atoms with Crippen molar-refractivity contribution in [1.29, 1.82) is 0 Å². The number of nitrogens with zero attached hydrogens (tertiary/aromatic N) is 1. The number of carboxylic acids is 1. The Balaban J connectivity index is 2.16. The minimum atomic E-state index is -1.17. The molecule has 2 rings (SSSR count). The molecule has 1 aromatic carbocycles. The van der Waals surface area contributed by atoms with Gasteiger partial charge in [-0.3, -0.25) is 4.79 Å². The largest absolute Gasteiger partial charge is 0.477 e. The number of pyridine rings is 1. The minimum Gasteiger partial charge on any atom is -0.477 e. The number of hydrogen-bond donors (Lipinski definition) is 2. The summed E-state index contributed by atoms with van der Waals surface area (Å²) >= 11 is 0. The molecule has 0 bridgehead atoms. The Morgan fingerprint density at radius 2 is 2.10 bits per heavy atom. The van der Waals surface area contributed by atoms with Crippen LogP contribution < -0.4 is 5.32 Å². The lowest BCUT2D eigenvalue weighted by atomic mass is 10.2. The number of methoxy groups -OCH3 is 1. The zero-order chi connectivity index (χ0) is 15.2. The van der Waals surface area contributed by atoms with Gasteiger partial charge in [-0.15, -0.1) is 0 Å². The van der Waals surface area contributed by atoms with Gasteiger partial charge in [-0.2, -0.15) is 0 Å². The molecule has 0 spiro atoms. The molecule has 6 heteroatoms. The van der Waals surface area contributed by atoms with Crippen molar-refractivity contribution in [2.45, 2.75) is 6.61 Å². The summed E-state index contributed by atoms with van der Waals surface area (Å²) in [7, 11) is 1.59. The molecule has 0 radical (unpaired) electrons. The Hall–Kier alpha value is -2.73. The summed E-state index contributed by atoms with van der Waals surface area (Å²) in [5.41, 5.74) is 1.61. The SMILES string of the molecule is COCc1cccc(NC(=O)c2ccnc(C(=O)O)c2)c1. The molecule has 108 valence electrons. The van der Waals surface area contributed by atoms with Crippen LogP contribution in [0.15, 0.2) is 42.6 Å². The highest BCUT2D eigenvalue weighted by molar-refractivity contribution is 6.05. The first-order chi connectivity index (χ1) is 10.1. The fourth-order valence-corrected chi connectivity index (χ4v) is 1.80. The number of carboxylic acid groups (broad SMARTS) is 1. The molecule has 0 saturated carbocycles. The molecule has 0 atom stereocenters. The monoisotopic (exact) mass is 286 g/mol. The molecule has 1 heterocycles. The molecule has 0 fully saturated rings. The van der Waals surface area contributed by atoms with Crippen LogP contribution >= 0.6 is 0 Å². The van der Waals surface area contributed by atoms with Gasteiger partial charge in [0.15, 0.2) is 0 Å². The summed E-state index contributed by atoms with van der Waals surface area (Å²) in [6, 6.07) is 9.92. The van der Waals surface area contributed by atoms with E-state index in [9.17, 15) is 9.59 Å². The lowest BCUT2D eigenvalue weighted by Crippen LogP contribution is -2.13. The molecule has 1 amide bonds. The maximum atomic E-state index is 12.1. The normalized spacial score (nSPS) is 10.1. The lowest BCUT2D eigenvalue weighted by molar-refractivity contribution is 0.0690. The molecular formula is C15H14N2O4. The standard InChI is InChI=1S/C15H14N2O4/c1-21-9-10-3-2-4-12(7-10)17-14(18)11-5-6-16-13(8-11)15(19)20/h2-8H,9H2,1H3,(H,17,18)(H,19,20). The average molecular weight is 286 g/mol. The summed E-state index contributed by atoms with van der Waals surface area (Å²) < 4.78 is 5.03. The van der Waals surface area contributed by atoms with Gasteiger partial charge in [0.25, 0.3) is 5.91 Å². The van der Waals surface area contributed by atoms with Crippen LogP contribution in [0.4, 0.5) is 5.69 Å². The third-order valence-electron chi connectivity index (χ3n) is 2.74. The lowest BCUT2D eigenvalue weighted by Gasteiger charge is -2.07. The van der Waals surface area contributed by atoms with Crippen LogP contribution in [0.1, 0.15) is 26.4 Å². The van der Waals surface area contributed by atoms with E-state index in [1.807, 2.05) is 6.07 Å². The van der Waals surface area contributed by atoms with Gasteiger partial charge in [0.2, 0.25) is 0 Å². The molecule has 1 aromatic heterocycles. The number of anilines is 1. The number of ether oxygens (including phenoxy) is 1. The van der Waals surface area contributed by atoms with Gasteiger partial charge in [-0.25, -0.2) is 9.78 Å². The fourth-order valence-electron chi connectivity index (χ4n) is 1.80. The molecule has 2 aromatic rings. The van der Waals surface area contributed by atoms with Gasteiger partial charge in [0, 0.05) is 24.6 Å². The van der Waals surface area contributed by atoms with Crippen LogP contribution in [0.2, 0.25) is 0 Å². The minimum absolute atomic E-state index is 0.171. The zero-order valence-electron chi connectivity index (χ0n) is 11.4. The molecular weight excluding hydrogens is 272 g/mol. The molecule has 0 unspecified atom stereocenters. The Morgan fingerprint density at radius 3 is 2.81 bits per heavy atom. The third-order valence-corrected chi connectivity index (χ3v) is 2.74. The number of carbonyl (C=O) groups is 2. The van der Waals surface area contributed by atoms with Crippen molar-refractivity contribution in [3.8, 4) is 0 Å². The Morgan fingerprint density at radius 1 is 1.29 bits per heavy atom. The topological polar surface area (TPSA) is 88.5 Å². The highest BCUT2D eigenvalue weighted by atomic mass is 16.5. The zero-order valence-corrected chi connectivity index (χ0v) is 11.4. The van der Waals surface area contributed by atoms with Crippen molar-refractivity contribution in [2.75, 3.05) is 12.4 Å². The molecule has 21 heavy (non-hydrogen) atoms. The van der Waals surface area contributed by atoms with Crippen LogP contribution in [-0.4, -0.2) is 29.1 Å². The number of nitrogens with one attached hydrogen (secondary N) is 1. The van der Waals surface area contributed by atoms with Crippen molar-refractivity contribution in [2.24, 2.45) is 0 Å². The van der Waals surface area contributed by atoms with Crippen molar-refractivity contribution in [3.63, 3.8) is 0 Å². The van der Waals surface area contributed by atoms with Crippen LogP contribution in [0.3, 0.4) is 0 Å². The van der Waals surface area contributed by atoms with Gasteiger partial charge < -0.3 is 15.2 Å². The molecule has 0 aliphatic rings. The number of aromatic carboxylic acids is 1. The van der Waals surface area contributed by atoms with Gasteiger partial charge in [-0.1, -0.05) is 12.1 Å². The predicted molar refractivity (Wildman–Crippen MR) is 76.3 cm³/mol. The van der Waals surface area contributed by atoms with E-state index < -0.39 is 11.9 Å². The van der Waals surface area contributed by atoms with Gasteiger partial charge in [-0.05, 0) is 29.8 Å². The highest BCUT2D eigenvalue weighted by Gasteiger charge is 2.11. The number of amides is 1. The second kappa shape index (κ2) is 6.62. The number of aromatic nitrogens is 1. The number of carbonyl (C=O) groups excluding carboxylic acids is 1. The van der Waals surface area contributed by atoms with Crippen molar-refractivity contribution in [3.05, 3.63) is 59.4 Å². The molecule has 0 aliphatic heterocycles. The first kappa shape index (κ1) is 14.7. The van der Waals surface area contributed by atoms with E-state index in [2.05, 4.69) is 10.3 Å². The van der Waals surface area contributed by atoms with E-state index in [0.29, 0.717) is 12.3 Å². The fraction of sp³-hybridized carbons (Fsp3) is 0.133. The number of rotatable bonds is 5. The van der Waals surface area contributed by atoms with Gasteiger partial charge >= 0.3 is 5.97 Å². The smallest absolute Gasteiger partial charge is 0.354 e. The maximum Gasteiger partial charge on any atom is 0.354 e. The Kier molecular flexibility index (Phi) is 4.63. The first-order valence-corrected chi connectivity index (χ1v) is 6.18. The summed E-state index contributed by atoms with van der Waals surface area (Å²) in [4.78, 5) is 26.6. The van der Waals surface area contributed by atoms with Crippen LogP contribution in [-0.2, 0) is 11.3 Å². The second-order valence-electron chi connectivity index (χ2n) is 4.32. The van der Waals surface area contributed by atoms with Gasteiger partial charge in [0.1, 0.15) is 5.69 Å². The van der Waals surface area contributed by atoms with E-state index in [4.69, 9.17) is 9.84 Å². The quantitative estimate of drug-likeness (QED) is 0.879. The third kappa shape index (κ3) is 3.87. The first-order valence-electron chi connectivity index (χ1n) is 6.18. The van der Waals surface area contributed by atoms with E-state index in [1.165, 1.54) is 18.3 Å². The highest BCUT2D eigenvalue weighted by Crippen LogP contribution is 2.13. The number of hydrogen-bond acceptors (Lipinski definition) is 4. The summed E-state index contributed by atoms with van der Waals surface area (Å²) in [6.45, 7) is 0.447. The summed E-state index contributed by atoms with van der Waals surface area (Å²) in [6.07, 6.45) is 1.29. The molecule has 0 aliphatic carbocycles. The van der Waals surface area contributed by atoms with E-state index in [-0.39, 0.29) is 11.3 Å². The van der Waals surface area contributed by atoms with Crippen molar-refractivity contribution in [1.82, 2.24) is 4.98 Å². The summed E-state index contributed by atoms with van der Waals surface area (Å²) in [5, 5.41) is 11.6. The maximum absolute atomic E-state index is 12.1. The summed E-state index contributed by atoms with van der Waals surface area (Å²) in [5.74, 6) is -1.57. The van der Waals surface area contributed by atoms with Crippen molar-refractivity contribution < 1.29 is 19.4 Å². The van der Waals surface area contributed by atoms with E-state index in [0.717, 1.165) is 5.56 Å².